The summed E-state index contributed by atoms with van der Waals surface area (Å²) in [5, 5.41) is 34.3. The van der Waals surface area contributed by atoms with Crippen molar-refractivity contribution in [2.75, 3.05) is 5.75 Å². The summed E-state index contributed by atoms with van der Waals surface area (Å²) in [5.74, 6) is -0.924. The molecule has 0 aliphatic rings. The van der Waals surface area contributed by atoms with Crippen LogP contribution < -0.4 is 0 Å². The van der Waals surface area contributed by atoms with Gasteiger partial charge in [0, 0.05) is 16.9 Å². The zero-order chi connectivity index (χ0) is 14.7. The first-order valence-electron chi connectivity index (χ1n) is 5.37. The number of carboxylic acids is 1. The molecule has 0 atom stereocenters. The molecule has 0 saturated heterocycles. The van der Waals surface area contributed by atoms with Crippen LogP contribution in [0.15, 0.2) is 23.4 Å². The number of H-pyrrole nitrogens is 1. The highest BCUT2D eigenvalue weighted by Crippen LogP contribution is 2.30. The summed E-state index contributed by atoms with van der Waals surface area (Å²) in [4.78, 5) is 14.5. The molecule has 1 heterocycles. The van der Waals surface area contributed by atoms with Gasteiger partial charge in [0.15, 0.2) is 12.5 Å². The van der Waals surface area contributed by atoms with Gasteiger partial charge in [-0.1, -0.05) is 11.8 Å². The standard InChI is InChI=1S/C11H10N4O4S/c1-15(19)6-2-3-8(16)7(4-6)10-12-11(14-13-10)20-5-9(17)18/h2-4H,1,5H2,(H3-,12,13,14,16,17,18,19)/p+1. The fourth-order valence-electron chi connectivity index (χ4n) is 1.43. The van der Waals surface area contributed by atoms with Gasteiger partial charge in [-0.3, -0.25) is 15.1 Å². The predicted molar refractivity (Wildman–Crippen MR) is 70.7 cm³/mol. The van der Waals surface area contributed by atoms with E-state index >= 15 is 0 Å². The number of phenolic OH excluding ortho intramolecular Hbond substituents is 1. The second-order valence-corrected chi connectivity index (χ2v) is 4.69. The van der Waals surface area contributed by atoms with Crippen molar-refractivity contribution in [1.29, 1.82) is 0 Å². The number of nitrogens with zero attached hydrogens (tertiary/aromatic N) is 3. The molecule has 0 saturated carbocycles. The molecule has 8 nitrogen and oxygen atoms in total. The van der Waals surface area contributed by atoms with E-state index in [9.17, 15) is 15.1 Å². The van der Waals surface area contributed by atoms with Gasteiger partial charge in [-0.2, -0.15) is 0 Å². The molecule has 9 heteroatoms. The number of aromatic nitrogens is 3. The number of aromatic hydroxyl groups is 1. The van der Waals surface area contributed by atoms with Crippen molar-refractivity contribution in [3.05, 3.63) is 18.2 Å². The number of carbonyl (C=O) groups is 1. The molecule has 2 rings (SSSR count). The molecule has 0 fully saturated rings. The molecular weight excluding hydrogens is 284 g/mol. The highest BCUT2D eigenvalue weighted by Gasteiger charge is 2.15. The van der Waals surface area contributed by atoms with E-state index in [0.717, 1.165) is 11.8 Å². The molecule has 0 aliphatic heterocycles. The van der Waals surface area contributed by atoms with Crippen molar-refractivity contribution in [1.82, 2.24) is 15.2 Å². The normalized spacial score (nSPS) is 10.4. The van der Waals surface area contributed by atoms with Gasteiger partial charge in [0.1, 0.15) is 5.75 Å². The molecule has 2 aromatic rings. The van der Waals surface area contributed by atoms with E-state index in [1.165, 1.54) is 18.2 Å². The lowest BCUT2D eigenvalue weighted by Crippen LogP contribution is -1.97. The predicted octanol–water partition coefficient (Wildman–Crippen LogP) is 1.09. The Morgan fingerprint density at radius 2 is 2.25 bits per heavy atom. The summed E-state index contributed by atoms with van der Waals surface area (Å²) < 4.78 is 0.652. The third-order valence-electron chi connectivity index (χ3n) is 2.32. The Bertz CT molecular complexity index is 670. The van der Waals surface area contributed by atoms with E-state index in [1.54, 1.807) is 0 Å². The van der Waals surface area contributed by atoms with E-state index < -0.39 is 5.97 Å². The summed E-state index contributed by atoms with van der Waals surface area (Å²) in [6, 6.07) is 4.32. The van der Waals surface area contributed by atoms with Gasteiger partial charge in [-0.25, -0.2) is 4.98 Å². The van der Waals surface area contributed by atoms with Gasteiger partial charge in [-0.05, 0) is 6.07 Å². The minimum absolute atomic E-state index is 0.0541. The van der Waals surface area contributed by atoms with E-state index in [2.05, 4.69) is 21.9 Å². The maximum Gasteiger partial charge on any atom is 0.313 e. The number of nitrogens with one attached hydrogen (secondary N) is 1. The minimum Gasteiger partial charge on any atom is -0.507 e. The molecule has 0 unspecified atom stereocenters. The van der Waals surface area contributed by atoms with Gasteiger partial charge in [0.2, 0.25) is 5.16 Å². The Labute approximate surface area is 117 Å². The summed E-state index contributed by atoms with van der Waals surface area (Å²) in [7, 11) is 0. The molecule has 0 spiro atoms. The third-order valence-corrected chi connectivity index (χ3v) is 3.16. The largest absolute Gasteiger partial charge is 0.507 e. The number of phenols is 1. The van der Waals surface area contributed by atoms with Crippen LogP contribution in [0.2, 0.25) is 0 Å². The fraction of sp³-hybridized carbons (Fsp3) is 0.0909. The Morgan fingerprint density at radius 3 is 2.90 bits per heavy atom. The first-order valence-corrected chi connectivity index (χ1v) is 6.36. The van der Waals surface area contributed by atoms with Gasteiger partial charge in [0.05, 0.1) is 11.3 Å². The van der Waals surface area contributed by atoms with Crippen molar-refractivity contribution >= 4 is 30.1 Å². The van der Waals surface area contributed by atoms with E-state index in [4.69, 9.17) is 5.11 Å². The number of benzene rings is 1. The summed E-state index contributed by atoms with van der Waals surface area (Å²) >= 11 is 0.954. The number of hydrogen-bond acceptors (Lipinski definition) is 6. The van der Waals surface area contributed by atoms with Crippen LogP contribution >= 0.6 is 11.8 Å². The maximum absolute atomic E-state index is 10.5. The highest BCUT2D eigenvalue weighted by molar-refractivity contribution is 7.99. The minimum atomic E-state index is -0.973. The number of hydrogen-bond donors (Lipinski definition) is 4. The Kier molecular flexibility index (Phi) is 3.89. The second-order valence-electron chi connectivity index (χ2n) is 3.75. The van der Waals surface area contributed by atoms with Gasteiger partial charge in [0.25, 0.3) is 5.69 Å². The molecule has 4 N–H and O–H groups in total. The molecule has 0 aliphatic carbocycles. The molecule has 0 bridgehead atoms. The number of aliphatic carboxylic acids is 1. The van der Waals surface area contributed by atoms with Crippen LogP contribution in [0.1, 0.15) is 0 Å². The van der Waals surface area contributed by atoms with Crippen molar-refractivity contribution in [2.45, 2.75) is 5.16 Å². The van der Waals surface area contributed by atoms with Crippen molar-refractivity contribution < 1.29 is 25.0 Å². The molecular formula is C11H11N4O4S+. The van der Waals surface area contributed by atoms with Crippen LogP contribution in [0.5, 0.6) is 5.75 Å². The lowest BCUT2D eigenvalue weighted by molar-refractivity contribution is -0.706. The van der Waals surface area contributed by atoms with Crippen LogP contribution in [-0.4, -0.2) is 53.8 Å². The topological polar surface area (TPSA) is 122 Å². The fourth-order valence-corrected chi connectivity index (χ4v) is 1.95. The maximum atomic E-state index is 10.5. The molecule has 0 radical (unpaired) electrons. The second kappa shape index (κ2) is 5.61. The number of rotatable bonds is 5. The van der Waals surface area contributed by atoms with Gasteiger partial charge in [-0.15, -0.1) is 5.10 Å². The first-order chi connectivity index (χ1) is 9.47. The van der Waals surface area contributed by atoms with E-state index in [1.807, 2.05) is 0 Å². The zero-order valence-corrected chi connectivity index (χ0v) is 11.0. The lowest BCUT2D eigenvalue weighted by Gasteiger charge is -2.00. The van der Waals surface area contributed by atoms with Crippen LogP contribution in [-0.2, 0) is 4.79 Å². The Hall–Kier alpha value is -2.55. The van der Waals surface area contributed by atoms with Crippen molar-refractivity contribution in [2.24, 2.45) is 0 Å². The Balaban J connectivity index is 2.29. The summed E-state index contributed by atoms with van der Waals surface area (Å²) in [6.07, 6.45) is 0. The third kappa shape index (κ3) is 3.06. The molecule has 20 heavy (non-hydrogen) atoms. The zero-order valence-electron chi connectivity index (χ0n) is 10.1. The SMILES string of the molecule is C=[N+](O)c1ccc(O)c(-c2nc(SCC(=O)O)n[nH]2)c1. The number of thioether (sulfide) groups is 1. The smallest absolute Gasteiger partial charge is 0.313 e. The first kappa shape index (κ1) is 13.9. The van der Waals surface area contributed by atoms with Crippen LogP contribution in [0.4, 0.5) is 5.69 Å². The van der Waals surface area contributed by atoms with Crippen LogP contribution in [0, 0.1) is 0 Å². The Morgan fingerprint density at radius 1 is 1.50 bits per heavy atom. The van der Waals surface area contributed by atoms with Crippen molar-refractivity contribution in [3.63, 3.8) is 0 Å². The molecule has 0 amide bonds. The van der Waals surface area contributed by atoms with Crippen molar-refractivity contribution in [3.8, 4) is 17.1 Å². The number of aromatic amines is 1. The summed E-state index contributed by atoms with van der Waals surface area (Å²) in [6.45, 7) is 3.32. The monoisotopic (exact) mass is 295 g/mol. The van der Waals surface area contributed by atoms with Crippen LogP contribution in [0.25, 0.3) is 11.4 Å². The summed E-state index contributed by atoms with van der Waals surface area (Å²) in [5.41, 5.74) is 0.675. The number of carboxylic acid groups (broad SMARTS) is 1. The lowest BCUT2D eigenvalue weighted by atomic mass is 10.1. The highest BCUT2D eigenvalue weighted by atomic mass is 32.2. The molecule has 1 aromatic heterocycles. The molecule has 104 valence electrons. The van der Waals surface area contributed by atoms with E-state index in [0.29, 0.717) is 16.0 Å². The van der Waals surface area contributed by atoms with Gasteiger partial charge < -0.3 is 10.2 Å². The van der Waals surface area contributed by atoms with Gasteiger partial charge >= 0.3 is 5.97 Å². The van der Waals surface area contributed by atoms with Crippen LogP contribution in [0.3, 0.4) is 0 Å². The quantitative estimate of drug-likeness (QED) is 0.214. The average molecular weight is 295 g/mol. The molecule has 1 aromatic carbocycles. The van der Waals surface area contributed by atoms with E-state index in [-0.39, 0.29) is 22.5 Å². The average Bonchev–Trinajstić information content (AvgIpc) is 2.85.